The summed E-state index contributed by atoms with van der Waals surface area (Å²) in [6.45, 7) is 1.48. The maximum absolute atomic E-state index is 12.9. The van der Waals surface area contributed by atoms with Gasteiger partial charge in [-0.1, -0.05) is 12.1 Å². The molecule has 128 valence electrons. The lowest BCUT2D eigenvalue weighted by Crippen LogP contribution is -2.45. The first kappa shape index (κ1) is 16.4. The molecule has 8 heteroatoms. The smallest absolute Gasteiger partial charge is 0.325 e. The highest BCUT2D eigenvalue weighted by Crippen LogP contribution is 2.43. The number of rotatable bonds is 4. The second-order valence-electron chi connectivity index (χ2n) is 6.55. The van der Waals surface area contributed by atoms with Crippen LogP contribution in [0.25, 0.3) is 0 Å². The zero-order chi connectivity index (χ0) is 17.7. The number of amides is 4. The molecule has 1 saturated heterocycles. The predicted molar refractivity (Wildman–Crippen MR) is 80.2 cm³/mol. The van der Waals surface area contributed by atoms with Gasteiger partial charge in [0.15, 0.2) is 0 Å². The lowest BCUT2D eigenvalue weighted by atomic mass is 9.81. The third kappa shape index (κ3) is 2.61. The normalized spacial score (nSPS) is 26.2. The Bertz CT molecular complexity index is 729. The van der Waals surface area contributed by atoms with Gasteiger partial charge >= 0.3 is 6.03 Å². The van der Waals surface area contributed by atoms with Crippen LogP contribution in [0.4, 0.5) is 13.6 Å². The molecule has 0 radical (unpaired) electrons. The van der Waals surface area contributed by atoms with Crippen LogP contribution in [0, 0.1) is 5.92 Å². The number of urea groups is 1. The van der Waals surface area contributed by atoms with Crippen LogP contribution in [0.2, 0.25) is 0 Å². The lowest BCUT2D eigenvalue weighted by Gasteiger charge is -2.36. The van der Waals surface area contributed by atoms with Crippen molar-refractivity contribution in [3.63, 3.8) is 0 Å². The Kier molecular flexibility index (Phi) is 3.58. The Morgan fingerprint density at radius 3 is 2.62 bits per heavy atom. The fourth-order valence-corrected chi connectivity index (χ4v) is 3.21. The molecule has 1 aromatic rings. The van der Waals surface area contributed by atoms with Crippen molar-refractivity contribution >= 4 is 17.8 Å². The molecule has 6 nitrogen and oxygen atoms in total. The highest BCUT2D eigenvalue weighted by molar-refractivity contribution is 6.07. The van der Waals surface area contributed by atoms with Crippen molar-refractivity contribution in [2.75, 3.05) is 6.54 Å². The van der Waals surface area contributed by atoms with Crippen molar-refractivity contribution in [2.45, 2.75) is 31.2 Å². The molecule has 1 aliphatic heterocycles. The molecule has 3 rings (SSSR count). The minimum absolute atomic E-state index is 0.0364. The number of carbonyl (C=O) groups is 3. The summed E-state index contributed by atoms with van der Waals surface area (Å²) in [5.74, 6) is -4.27. The first-order chi connectivity index (χ1) is 11.1. The van der Waals surface area contributed by atoms with Crippen molar-refractivity contribution in [1.82, 2.24) is 10.2 Å². The van der Waals surface area contributed by atoms with Crippen LogP contribution >= 0.6 is 0 Å². The first-order valence-corrected chi connectivity index (χ1v) is 7.55. The number of primary amides is 1. The topological polar surface area (TPSA) is 92.5 Å². The van der Waals surface area contributed by atoms with Gasteiger partial charge in [-0.2, -0.15) is 0 Å². The second kappa shape index (κ2) is 5.25. The molecular formula is C16H17F2N3O3. The van der Waals surface area contributed by atoms with E-state index in [1.54, 1.807) is 12.1 Å². The Morgan fingerprint density at radius 1 is 1.38 bits per heavy atom. The predicted octanol–water partition coefficient (Wildman–Crippen LogP) is 1.60. The van der Waals surface area contributed by atoms with E-state index < -0.39 is 35.2 Å². The molecule has 2 aliphatic rings. The van der Waals surface area contributed by atoms with Gasteiger partial charge in [0, 0.05) is 24.9 Å². The SMILES string of the molecule is C[C@]1(c2cccc(C(N)=O)c2)NC(=O)N(CC2CC(F)(F)C2)C1=O. The van der Waals surface area contributed by atoms with Gasteiger partial charge in [-0.05, 0) is 30.5 Å². The van der Waals surface area contributed by atoms with E-state index in [-0.39, 0.29) is 24.9 Å². The Hall–Kier alpha value is -2.51. The molecule has 1 aromatic carbocycles. The van der Waals surface area contributed by atoms with Gasteiger partial charge in [-0.3, -0.25) is 14.5 Å². The van der Waals surface area contributed by atoms with Crippen molar-refractivity contribution in [1.29, 1.82) is 0 Å². The zero-order valence-electron chi connectivity index (χ0n) is 13.0. The molecule has 2 fully saturated rings. The van der Waals surface area contributed by atoms with Crippen molar-refractivity contribution in [3.8, 4) is 0 Å². The molecule has 4 amide bonds. The summed E-state index contributed by atoms with van der Waals surface area (Å²) in [7, 11) is 0. The number of carbonyl (C=O) groups excluding carboxylic acids is 3. The van der Waals surface area contributed by atoms with Gasteiger partial charge in [-0.25, -0.2) is 13.6 Å². The van der Waals surface area contributed by atoms with Gasteiger partial charge in [-0.15, -0.1) is 0 Å². The summed E-state index contributed by atoms with van der Waals surface area (Å²) in [6.07, 6.45) is -0.643. The minimum Gasteiger partial charge on any atom is -0.366 e. The van der Waals surface area contributed by atoms with E-state index in [9.17, 15) is 23.2 Å². The molecule has 1 atom stereocenters. The molecule has 1 heterocycles. The summed E-state index contributed by atoms with van der Waals surface area (Å²) in [4.78, 5) is 37.1. The number of hydrogen-bond donors (Lipinski definition) is 2. The van der Waals surface area contributed by atoms with Gasteiger partial charge in [0.25, 0.3) is 5.91 Å². The second-order valence-corrected chi connectivity index (χ2v) is 6.55. The average Bonchev–Trinajstić information content (AvgIpc) is 2.70. The van der Waals surface area contributed by atoms with E-state index in [4.69, 9.17) is 5.73 Å². The van der Waals surface area contributed by atoms with Crippen LogP contribution in [-0.4, -0.2) is 35.2 Å². The molecule has 3 N–H and O–H groups in total. The molecule has 0 spiro atoms. The van der Waals surface area contributed by atoms with Crippen molar-refractivity contribution < 1.29 is 23.2 Å². The lowest BCUT2D eigenvalue weighted by molar-refractivity contribution is -0.137. The number of nitrogens with two attached hydrogens (primary N) is 1. The minimum atomic E-state index is -2.71. The molecule has 1 saturated carbocycles. The molecular weight excluding hydrogens is 320 g/mol. The van der Waals surface area contributed by atoms with Crippen molar-refractivity contribution in [2.24, 2.45) is 11.7 Å². The summed E-state index contributed by atoms with van der Waals surface area (Å²) < 4.78 is 25.9. The summed E-state index contributed by atoms with van der Waals surface area (Å²) in [5, 5.41) is 2.58. The molecule has 0 bridgehead atoms. The van der Waals surface area contributed by atoms with Crippen LogP contribution in [0.5, 0.6) is 0 Å². The van der Waals surface area contributed by atoms with Gasteiger partial charge in [0.1, 0.15) is 5.54 Å². The van der Waals surface area contributed by atoms with E-state index >= 15 is 0 Å². The number of hydrogen-bond acceptors (Lipinski definition) is 3. The summed E-state index contributed by atoms with van der Waals surface area (Å²) >= 11 is 0. The number of benzene rings is 1. The number of nitrogens with one attached hydrogen (secondary N) is 1. The fourth-order valence-electron chi connectivity index (χ4n) is 3.21. The van der Waals surface area contributed by atoms with E-state index in [1.165, 1.54) is 19.1 Å². The first-order valence-electron chi connectivity index (χ1n) is 7.55. The third-order valence-corrected chi connectivity index (χ3v) is 4.61. The van der Waals surface area contributed by atoms with Crippen LogP contribution in [0.3, 0.4) is 0 Å². The molecule has 24 heavy (non-hydrogen) atoms. The largest absolute Gasteiger partial charge is 0.366 e. The standard InChI is InChI=1S/C16H17F2N3O3/c1-15(11-4-2-3-10(5-11)12(19)22)13(23)21(14(24)20-15)8-9-6-16(17,18)7-9/h2-5,9H,6-8H2,1H3,(H2,19,22)(H,20,24)/t15-/m1/s1. The van der Waals surface area contributed by atoms with Gasteiger partial charge in [0.05, 0.1) is 0 Å². The Labute approximate surface area is 137 Å². The zero-order valence-corrected chi connectivity index (χ0v) is 13.0. The average molecular weight is 337 g/mol. The molecule has 0 aromatic heterocycles. The monoisotopic (exact) mass is 337 g/mol. The van der Waals surface area contributed by atoms with Gasteiger partial charge in [0.2, 0.25) is 11.8 Å². The highest BCUT2D eigenvalue weighted by atomic mass is 19.3. The summed E-state index contributed by atoms with van der Waals surface area (Å²) in [6, 6.07) is 5.50. The Balaban J connectivity index is 1.82. The maximum atomic E-state index is 12.9. The van der Waals surface area contributed by atoms with E-state index in [0.717, 1.165) is 4.90 Å². The van der Waals surface area contributed by atoms with Crippen LogP contribution in [0.15, 0.2) is 24.3 Å². The maximum Gasteiger partial charge on any atom is 0.325 e. The fraction of sp³-hybridized carbons (Fsp3) is 0.438. The van der Waals surface area contributed by atoms with E-state index in [1.807, 2.05) is 0 Å². The number of halogens is 2. The highest BCUT2D eigenvalue weighted by Gasteiger charge is 2.52. The molecule has 1 aliphatic carbocycles. The van der Waals surface area contributed by atoms with Crippen LogP contribution in [0.1, 0.15) is 35.7 Å². The van der Waals surface area contributed by atoms with E-state index in [2.05, 4.69) is 5.32 Å². The van der Waals surface area contributed by atoms with E-state index in [0.29, 0.717) is 5.56 Å². The third-order valence-electron chi connectivity index (χ3n) is 4.61. The quantitative estimate of drug-likeness (QED) is 0.817. The number of imide groups is 1. The van der Waals surface area contributed by atoms with Crippen LogP contribution < -0.4 is 11.1 Å². The number of alkyl halides is 2. The number of nitrogens with zero attached hydrogens (tertiary/aromatic N) is 1. The van der Waals surface area contributed by atoms with Crippen LogP contribution in [-0.2, 0) is 10.3 Å². The van der Waals surface area contributed by atoms with Crippen molar-refractivity contribution in [3.05, 3.63) is 35.4 Å². The Morgan fingerprint density at radius 2 is 2.04 bits per heavy atom. The van der Waals surface area contributed by atoms with Gasteiger partial charge < -0.3 is 11.1 Å². The molecule has 0 unspecified atom stereocenters. The summed E-state index contributed by atoms with van der Waals surface area (Å²) in [5.41, 5.74) is 4.52.